The Kier molecular flexibility index (Phi) is 2.91. The van der Waals surface area contributed by atoms with Gasteiger partial charge in [-0.3, -0.25) is 0 Å². The van der Waals surface area contributed by atoms with Gasteiger partial charge in [0.2, 0.25) is 5.28 Å². The molecule has 0 saturated heterocycles. The molecule has 0 fully saturated rings. The highest BCUT2D eigenvalue weighted by molar-refractivity contribution is 9.10. The summed E-state index contributed by atoms with van der Waals surface area (Å²) in [4.78, 5) is 8.29. The number of benzene rings is 1. The molecule has 1 atom stereocenters. The number of fused-ring (bicyclic) bond motifs is 1. The van der Waals surface area contributed by atoms with E-state index < -0.39 is 0 Å². The molecule has 1 unspecified atom stereocenters. The number of nitrogens with two attached hydrogens (primary N) is 1. The van der Waals surface area contributed by atoms with Crippen LogP contribution in [0.15, 0.2) is 22.7 Å². The van der Waals surface area contributed by atoms with Crippen LogP contribution in [-0.2, 0) is 0 Å². The summed E-state index contributed by atoms with van der Waals surface area (Å²) in [5.41, 5.74) is 7.40. The van der Waals surface area contributed by atoms with E-state index in [1.54, 1.807) is 0 Å². The van der Waals surface area contributed by atoms with E-state index in [9.17, 15) is 0 Å². The first-order valence-corrected chi connectivity index (χ1v) is 5.63. The lowest BCUT2D eigenvalue weighted by Crippen LogP contribution is -2.09. The molecule has 0 saturated carbocycles. The minimum Gasteiger partial charge on any atom is -0.323 e. The Morgan fingerprint density at radius 3 is 2.80 bits per heavy atom. The Hall–Kier alpha value is -0.710. The van der Waals surface area contributed by atoms with E-state index in [1.165, 1.54) is 0 Å². The van der Waals surface area contributed by atoms with Crippen LogP contribution >= 0.6 is 27.5 Å². The highest BCUT2D eigenvalue weighted by Crippen LogP contribution is 2.24. The van der Waals surface area contributed by atoms with Crippen molar-refractivity contribution in [3.63, 3.8) is 0 Å². The Morgan fingerprint density at radius 1 is 1.40 bits per heavy atom. The number of aromatic nitrogens is 2. The predicted molar refractivity (Wildman–Crippen MR) is 64.9 cm³/mol. The first-order chi connectivity index (χ1) is 7.08. The van der Waals surface area contributed by atoms with Gasteiger partial charge in [0, 0.05) is 15.9 Å². The van der Waals surface area contributed by atoms with Crippen LogP contribution in [0.4, 0.5) is 0 Å². The summed E-state index contributed by atoms with van der Waals surface area (Å²) < 4.78 is 0.959. The lowest BCUT2D eigenvalue weighted by Gasteiger charge is -2.08. The van der Waals surface area contributed by atoms with Crippen LogP contribution in [-0.4, -0.2) is 9.97 Å². The number of hydrogen-bond donors (Lipinski definition) is 1. The van der Waals surface area contributed by atoms with Gasteiger partial charge in [-0.1, -0.05) is 15.9 Å². The molecule has 0 aliphatic rings. The molecule has 0 aliphatic carbocycles. The second kappa shape index (κ2) is 4.04. The van der Waals surface area contributed by atoms with Crippen molar-refractivity contribution >= 4 is 38.4 Å². The molecule has 0 spiro atoms. The highest BCUT2D eigenvalue weighted by atomic mass is 79.9. The maximum atomic E-state index is 5.83. The van der Waals surface area contributed by atoms with Gasteiger partial charge in [0.05, 0.1) is 11.2 Å². The van der Waals surface area contributed by atoms with Crippen molar-refractivity contribution in [1.82, 2.24) is 9.97 Å². The fraction of sp³-hybridized carbons (Fsp3) is 0.200. The van der Waals surface area contributed by atoms with Gasteiger partial charge in [-0.2, -0.15) is 0 Å². The minimum absolute atomic E-state index is 0.158. The molecular formula is C10H9BrClN3. The summed E-state index contributed by atoms with van der Waals surface area (Å²) in [6, 6.07) is 5.61. The van der Waals surface area contributed by atoms with Gasteiger partial charge in [0.15, 0.2) is 0 Å². The lowest BCUT2D eigenvalue weighted by atomic mass is 10.1. The second-order valence-electron chi connectivity index (χ2n) is 3.33. The van der Waals surface area contributed by atoms with Crippen LogP contribution in [0.1, 0.15) is 18.7 Å². The molecule has 15 heavy (non-hydrogen) atoms. The van der Waals surface area contributed by atoms with E-state index in [0.29, 0.717) is 0 Å². The molecule has 3 nitrogen and oxygen atoms in total. The first kappa shape index (κ1) is 10.8. The fourth-order valence-electron chi connectivity index (χ4n) is 1.45. The van der Waals surface area contributed by atoms with Gasteiger partial charge in [-0.25, -0.2) is 9.97 Å². The number of nitrogens with zero attached hydrogens (tertiary/aromatic N) is 2. The topological polar surface area (TPSA) is 51.8 Å². The van der Waals surface area contributed by atoms with Crippen molar-refractivity contribution in [2.45, 2.75) is 13.0 Å². The smallest absolute Gasteiger partial charge is 0.223 e. The highest BCUT2D eigenvalue weighted by Gasteiger charge is 2.10. The van der Waals surface area contributed by atoms with Gasteiger partial charge < -0.3 is 5.73 Å². The van der Waals surface area contributed by atoms with Crippen molar-refractivity contribution in [1.29, 1.82) is 0 Å². The molecule has 1 aromatic carbocycles. The van der Waals surface area contributed by atoms with Crippen molar-refractivity contribution < 1.29 is 0 Å². The second-order valence-corrected chi connectivity index (χ2v) is 4.58. The molecular weight excluding hydrogens is 277 g/mol. The van der Waals surface area contributed by atoms with Crippen molar-refractivity contribution in [3.05, 3.63) is 33.6 Å². The fourth-order valence-corrected chi connectivity index (χ4v) is 1.98. The van der Waals surface area contributed by atoms with E-state index in [4.69, 9.17) is 17.3 Å². The normalized spacial score (nSPS) is 13.1. The molecule has 2 aromatic rings. The number of hydrogen-bond acceptors (Lipinski definition) is 3. The molecule has 2 N–H and O–H groups in total. The summed E-state index contributed by atoms with van der Waals surface area (Å²) in [6.07, 6.45) is 0. The summed E-state index contributed by atoms with van der Waals surface area (Å²) >= 11 is 9.21. The number of rotatable bonds is 1. The maximum Gasteiger partial charge on any atom is 0.223 e. The summed E-state index contributed by atoms with van der Waals surface area (Å²) in [7, 11) is 0. The molecule has 0 radical (unpaired) electrons. The van der Waals surface area contributed by atoms with Gasteiger partial charge in [-0.05, 0) is 36.7 Å². The SMILES string of the molecule is CC(N)c1nc(Cl)nc2cc(Br)ccc12. The molecule has 0 amide bonds. The molecule has 78 valence electrons. The third-order valence-corrected chi connectivity index (χ3v) is 2.75. The van der Waals surface area contributed by atoms with Gasteiger partial charge in [0.25, 0.3) is 0 Å². The Balaban J connectivity index is 2.80. The largest absolute Gasteiger partial charge is 0.323 e. The zero-order valence-electron chi connectivity index (χ0n) is 8.04. The van der Waals surface area contributed by atoms with Crippen molar-refractivity contribution in [2.75, 3.05) is 0 Å². The predicted octanol–water partition coefficient (Wildman–Crippen LogP) is 3.07. The van der Waals surface area contributed by atoms with E-state index in [-0.39, 0.29) is 11.3 Å². The Morgan fingerprint density at radius 2 is 2.13 bits per heavy atom. The van der Waals surface area contributed by atoms with E-state index in [0.717, 1.165) is 21.1 Å². The van der Waals surface area contributed by atoms with Gasteiger partial charge in [0.1, 0.15) is 0 Å². The quantitative estimate of drug-likeness (QED) is 0.820. The zero-order valence-corrected chi connectivity index (χ0v) is 10.4. The third kappa shape index (κ3) is 2.12. The Labute approximate surface area is 101 Å². The average molecular weight is 287 g/mol. The molecule has 2 rings (SSSR count). The molecule has 1 heterocycles. The van der Waals surface area contributed by atoms with E-state index >= 15 is 0 Å². The zero-order chi connectivity index (χ0) is 11.0. The van der Waals surface area contributed by atoms with Crippen LogP contribution in [0.2, 0.25) is 5.28 Å². The van der Waals surface area contributed by atoms with Crippen molar-refractivity contribution in [3.8, 4) is 0 Å². The summed E-state index contributed by atoms with van der Waals surface area (Å²) in [6.45, 7) is 1.88. The standard InChI is InChI=1S/C10H9BrClN3/c1-5(13)9-7-3-2-6(11)4-8(7)14-10(12)15-9/h2-5H,13H2,1H3. The molecule has 0 aliphatic heterocycles. The summed E-state index contributed by atoms with van der Waals surface area (Å²) in [5, 5.41) is 1.17. The molecule has 5 heteroatoms. The van der Waals surface area contributed by atoms with Crippen LogP contribution in [0.5, 0.6) is 0 Å². The monoisotopic (exact) mass is 285 g/mol. The minimum atomic E-state index is -0.158. The third-order valence-electron chi connectivity index (χ3n) is 2.09. The van der Waals surface area contributed by atoms with Crippen molar-refractivity contribution in [2.24, 2.45) is 5.73 Å². The lowest BCUT2D eigenvalue weighted by molar-refractivity contribution is 0.787. The van der Waals surface area contributed by atoms with E-state index in [2.05, 4.69) is 25.9 Å². The van der Waals surface area contributed by atoms with E-state index in [1.807, 2.05) is 25.1 Å². The van der Waals surface area contributed by atoms with Crippen LogP contribution in [0, 0.1) is 0 Å². The van der Waals surface area contributed by atoms with Crippen LogP contribution < -0.4 is 5.73 Å². The van der Waals surface area contributed by atoms with Crippen LogP contribution in [0.3, 0.4) is 0 Å². The molecule has 0 bridgehead atoms. The molecule has 1 aromatic heterocycles. The number of halogens is 2. The maximum absolute atomic E-state index is 5.83. The van der Waals surface area contributed by atoms with Crippen LogP contribution in [0.25, 0.3) is 10.9 Å². The van der Waals surface area contributed by atoms with Gasteiger partial charge >= 0.3 is 0 Å². The van der Waals surface area contributed by atoms with Gasteiger partial charge in [-0.15, -0.1) is 0 Å². The first-order valence-electron chi connectivity index (χ1n) is 4.46. The Bertz CT molecular complexity index is 508. The summed E-state index contributed by atoms with van der Waals surface area (Å²) in [5.74, 6) is 0. The average Bonchev–Trinajstić information content (AvgIpc) is 2.15.